The van der Waals surface area contributed by atoms with Crippen molar-refractivity contribution in [1.82, 2.24) is 9.55 Å². The zero-order valence-corrected chi connectivity index (χ0v) is 9.30. The maximum atomic E-state index is 9.59. The molecule has 1 aliphatic rings. The third-order valence-corrected chi connectivity index (χ3v) is 2.85. The van der Waals surface area contributed by atoms with Crippen molar-refractivity contribution in [1.29, 1.82) is 0 Å². The second-order valence-corrected chi connectivity index (χ2v) is 4.02. The summed E-state index contributed by atoms with van der Waals surface area (Å²) in [6.45, 7) is -0.215. The molecule has 0 spiro atoms. The van der Waals surface area contributed by atoms with Crippen molar-refractivity contribution < 1.29 is 14.9 Å². The van der Waals surface area contributed by atoms with Gasteiger partial charge in [0.05, 0.1) is 12.7 Å². The Morgan fingerprint density at radius 2 is 2.44 bits per heavy atom. The summed E-state index contributed by atoms with van der Waals surface area (Å²) in [4.78, 5) is 3.93. The Bertz CT molecular complexity index is 436. The number of nitrogen functional groups attached to an aromatic ring is 1. The molecule has 1 saturated heterocycles. The second kappa shape index (κ2) is 4.46. The molecule has 0 aliphatic carbocycles. The molecule has 7 heteroatoms. The van der Waals surface area contributed by atoms with E-state index in [4.69, 9.17) is 27.8 Å². The van der Waals surface area contributed by atoms with Crippen LogP contribution in [0.1, 0.15) is 12.6 Å². The Kier molecular flexibility index (Phi) is 3.20. The quantitative estimate of drug-likeness (QED) is 0.625. The SMILES string of the molecule is Nc1ccn([C@H]2CC(O)[C@@H](CO)O2)c(=S)n1. The minimum Gasteiger partial charge on any atom is -0.394 e. The fourth-order valence-electron chi connectivity index (χ4n) is 1.70. The molecule has 88 valence electrons. The largest absolute Gasteiger partial charge is 0.394 e. The van der Waals surface area contributed by atoms with Gasteiger partial charge in [-0.15, -0.1) is 0 Å². The molecule has 1 aromatic rings. The third-order valence-electron chi connectivity index (χ3n) is 2.55. The van der Waals surface area contributed by atoms with Crippen molar-refractivity contribution in [3.8, 4) is 0 Å². The minimum atomic E-state index is -0.686. The molecule has 2 heterocycles. The van der Waals surface area contributed by atoms with Crippen LogP contribution in [0.3, 0.4) is 0 Å². The summed E-state index contributed by atoms with van der Waals surface area (Å²) in [5.74, 6) is 0.346. The van der Waals surface area contributed by atoms with Crippen LogP contribution in [0.5, 0.6) is 0 Å². The minimum absolute atomic E-state index is 0.215. The van der Waals surface area contributed by atoms with E-state index in [1.165, 1.54) is 0 Å². The molecule has 1 unspecified atom stereocenters. The lowest BCUT2D eigenvalue weighted by molar-refractivity contribution is -0.0452. The van der Waals surface area contributed by atoms with Crippen LogP contribution < -0.4 is 5.73 Å². The molecule has 6 nitrogen and oxygen atoms in total. The average Bonchev–Trinajstić information content (AvgIpc) is 2.59. The van der Waals surface area contributed by atoms with Crippen LogP contribution in [0.25, 0.3) is 0 Å². The molecule has 1 fully saturated rings. The standard InChI is InChI=1S/C9H13N3O3S/c10-7-1-2-12(9(16)11-7)8-3-5(14)6(4-13)15-8/h1-2,5-6,8,13-14H,3-4H2,(H2,10,11,16)/t5?,6-,8-/m1/s1. The maximum Gasteiger partial charge on any atom is 0.203 e. The van der Waals surface area contributed by atoms with Crippen LogP contribution in [0.2, 0.25) is 0 Å². The van der Waals surface area contributed by atoms with E-state index in [2.05, 4.69) is 4.98 Å². The van der Waals surface area contributed by atoms with E-state index in [-0.39, 0.29) is 6.61 Å². The van der Waals surface area contributed by atoms with Crippen LogP contribution >= 0.6 is 12.2 Å². The number of rotatable bonds is 2. The molecule has 3 atom stereocenters. The topological polar surface area (TPSA) is 93.5 Å². The van der Waals surface area contributed by atoms with Gasteiger partial charge >= 0.3 is 0 Å². The summed E-state index contributed by atoms with van der Waals surface area (Å²) in [5.41, 5.74) is 5.49. The number of anilines is 1. The summed E-state index contributed by atoms with van der Waals surface area (Å²) in [5, 5.41) is 18.5. The van der Waals surface area contributed by atoms with Crippen LogP contribution in [0, 0.1) is 4.77 Å². The van der Waals surface area contributed by atoms with E-state index in [1.807, 2.05) is 0 Å². The number of hydrogen-bond acceptors (Lipinski definition) is 6. The predicted molar refractivity (Wildman–Crippen MR) is 59.1 cm³/mol. The summed E-state index contributed by atoms with van der Waals surface area (Å²) in [6, 6.07) is 1.61. The molecule has 16 heavy (non-hydrogen) atoms. The summed E-state index contributed by atoms with van der Waals surface area (Å²) in [7, 11) is 0. The highest BCUT2D eigenvalue weighted by Gasteiger charge is 2.34. The fraction of sp³-hybridized carbons (Fsp3) is 0.556. The zero-order chi connectivity index (χ0) is 11.7. The van der Waals surface area contributed by atoms with Crippen molar-refractivity contribution in [2.75, 3.05) is 12.3 Å². The van der Waals surface area contributed by atoms with Crippen molar-refractivity contribution in [2.45, 2.75) is 24.9 Å². The summed E-state index contributed by atoms with van der Waals surface area (Å²) >= 11 is 5.04. The van der Waals surface area contributed by atoms with Crippen LogP contribution in [0.15, 0.2) is 12.3 Å². The van der Waals surface area contributed by atoms with Gasteiger partial charge in [-0.25, -0.2) is 4.98 Å². The lowest BCUT2D eigenvalue weighted by Crippen LogP contribution is -2.24. The molecule has 0 aromatic carbocycles. The molecule has 1 aliphatic heterocycles. The number of aliphatic hydroxyl groups excluding tert-OH is 2. The van der Waals surface area contributed by atoms with Crippen LogP contribution in [-0.4, -0.2) is 38.6 Å². The van der Waals surface area contributed by atoms with E-state index < -0.39 is 18.4 Å². The molecule has 4 N–H and O–H groups in total. The second-order valence-electron chi connectivity index (χ2n) is 3.66. The number of nitrogens with zero attached hydrogens (tertiary/aromatic N) is 2. The van der Waals surface area contributed by atoms with E-state index in [9.17, 15) is 5.11 Å². The first-order valence-electron chi connectivity index (χ1n) is 4.91. The molecule has 0 saturated carbocycles. The number of nitrogens with two attached hydrogens (primary N) is 1. The van der Waals surface area contributed by atoms with E-state index in [0.717, 1.165) is 0 Å². The highest BCUT2D eigenvalue weighted by atomic mass is 32.1. The first kappa shape index (κ1) is 11.5. The Labute approximate surface area is 97.3 Å². The average molecular weight is 243 g/mol. The monoisotopic (exact) mass is 243 g/mol. The molecular formula is C9H13N3O3S. The molecular weight excluding hydrogens is 230 g/mol. The zero-order valence-electron chi connectivity index (χ0n) is 8.48. The highest BCUT2D eigenvalue weighted by molar-refractivity contribution is 7.71. The van der Waals surface area contributed by atoms with E-state index in [0.29, 0.717) is 17.0 Å². The van der Waals surface area contributed by atoms with Crippen molar-refractivity contribution in [3.05, 3.63) is 17.0 Å². The lowest BCUT2D eigenvalue weighted by atomic mass is 10.2. The van der Waals surface area contributed by atoms with Gasteiger partial charge < -0.3 is 20.7 Å². The van der Waals surface area contributed by atoms with Crippen LogP contribution in [0.4, 0.5) is 5.82 Å². The number of hydrogen-bond donors (Lipinski definition) is 3. The smallest absolute Gasteiger partial charge is 0.203 e. The van der Waals surface area contributed by atoms with Gasteiger partial charge in [0.2, 0.25) is 4.77 Å². The normalized spacial score (nSPS) is 29.5. The van der Waals surface area contributed by atoms with Gasteiger partial charge in [0.1, 0.15) is 18.1 Å². The van der Waals surface area contributed by atoms with E-state index >= 15 is 0 Å². The molecule has 0 radical (unpaired) electrons. The van der Waals surface area contributed by atoms with Gasteiger partial charge in [0.25, 0.3) is 0 Å². The third kappa shape index (κ3) is 2.07. The van der Waals surface area contributed by atoms with Gasteiger partial charge in [-0.3, -0.25) is 4.57 Å². The van der Waals surface area contributed by atoms with Gasteiger partial charge in [-0.2, -0.15) is 0 Å². The molecule has 1 aromatic heterocycles. The Balaban J connectivity index is 2.23. The van der Waals surface area contributed by atoms with E-state index in [1.54, 1.807) is 16.8 Å². The first-order chi connectivity index (χ1) is 7.61. The van der Waals surface area contributed by atoms with Gasteiger partial charge in [0.15, 0.2) is 0 Å². The summed E-state index contributed by atoms with van der Waals surface area (Å²) in [6.07, 6.45) is 0.402. The number of aliphatic hydroxyl groups is 2. The maximum absolute atomic E-state index is 9.59. The molecule has 0 bridgehead atoms. The number of ether oxygens (including phenoxy) is 1. The molecule has 0 amide bonds. The lowest BCUT2D eigenvalue weighted by Gasteiger charge is -2.15. The first-order valence-corrected chi connectivity index (χ1v) is 5.31. The van der Waals surface area contributed by atoms with Gasteiger partial charge in [-0.1, -0.05) is 0 Å². The predicted octanol–water partition coefficient (Wildman–Crippen LogP) is -0.165. The molecule has 2 rings (SSSR count). The highest BCUT2D eigenvalue weighted by Crippen LogP contribution is 2.28. The van der Waals surface area contributed by atoms with Gasteiger partial charge in [0, 0.05) is 12.6 Å². The Morgan fingerprint density at radius 1 is 1.69 bits per heavy atom. The Hall–Kier alpha value is -1.02. The Morgan fingerprint density at radius 3 is 3.00 bits per heavy atom. The van der Waals surface area contributed by atoms with Crippen molar-refractivity contribution in [3.63, 3.8) is 0 Å². The summed E-state index contributed by atoms with van der Waals surface area (Å²) < 4.78 is 7.36. The fourth-order valence-corrected chi connectivity index (χ4v) is 1.98. The van der Waals surface area contributed by atoms with Gasteiger partial charge in [-0.05, 0) is 18.3 Å². The van der Waals surface area contributed by atoms with Crippen LogP contribution in [-0.2, 0) is 4.74 Å². The van der Waals surface area contributed by atoms with Crippen molar-refractivity contribution >= 4 is 18.0 Å². The van der Waals surface area contributed by atoms with Crippen molar-refractivity contribution in [2.24, 2.45) is 0 Å². The number of aromatic nitrogens is 2.